The minimum atomic E-state index is -1.74. The second-order valence-corrected chi connectivity index (χ2v) is 3.24. The molecule has 0 aromatic heterocycles. The third kappa shape index (κ3) is 2.81. The molecule has 0 fully saturated rings. The zero-order chi connectivity index (χ0) is 9.84. The molecule has 0 N–H and O–H groups in total. The minimum Gasteiger partial charge on any atom is -0.496 e. The van der Waals surface area contributed by atoms with Gasteiger partial charge in [0.2, 0.25) is 0 Å². The fourth-order valence-electron chi connectivity index (χ4n) is 0.922. The first-order valence-electron chi connectivity index (χ1n) is 3.49. The van der Waals surface area contributed by atoms with Gasteiger partial charge in [-0.1, -0.05) is 15.9 Å². The first-order valence-corrected chi connectivity index (χ1v) is 4.29. The molecule has 0 unspecified atom stereocenters. The lowest BCUT2D eigenvalue weighted by molar-refractivity contribution is 0.410. The van der Waals surface area contributed by atoms with Gasteiger partial charge < -0.3 is 4.74 Å². The molecule has 1 aromatic rings. The third-order valence-corrected chi connectivity index (χ3v) is 1.95. The number of halogens is 3. The van der Waals surface area contributed by atoms with Crippen LogP contribution in [0.25, 0.3) is 6.08 Å². The first-order chi connectivity index (χ1) is 6.13. The number of rotatable bonds is 2. The van der Waals surface area contributed by atoms with Crippen molar-refractivity contribution >= 4 is 22.0 Å². The Bertz CT molecular complexity index is 332. The van der Waals surface area contributed by atoms with E-state index in [0.717, 1.165) is 10.5 Å². The zero-order valence-corrected chi connectivity index (χ0v) is 8.44. The number of benzene rings is 1. The molecule has 13 heavy (non-hydrogen) atoms. The van der Waals surface area contributed by atoms with Gasteiger partial charge in [-0.15, -0.1) is 0 Å². The maximum absolute atomic E-state index is 11.9. The Morgan fingerprint density at radius 2 is 2.15 bits per heavy atom. The fourth-order valence-corrected chi connectivity index (χ4v) is 1.26. The van der Waals surface area contributed by atoms with Crippen molar-refractivity contribution in [2.75, 3.05) is 7.11 Å². The van der Waals surface area contributed by atoms with Crippen LogP contribution in [0.3, 0.4) is 0 Å². The van der Waals surface area contributed by atoms with E-state index in [-0.39, 0.29) is 0 Å². The average molecular weight is 249 g/mol. The highest BCUT2D eigenvalue weighted by Crippen LogP contribution is 2.25. The second kappa shape index (κ2) is 4.37. The molecule has 1 nitrogen and oxygen atoms in total. The van der Waals surface area contributed by atoms with Crippen LogP contribution >= 0.6 is 15.9 Å². The van der Waals surface area contributed by atoms with E-state index in [0.29, 0.717) is 11.3 Å². The minimum absolute atomic E-state index is 0.366. The Morgan fingerprint density at radius 3 is 2.69 bits per heavy atom. The largest absolute Gasteiger partial charge is 0.496 e. The molecule has 4 heteroatoms. The number of ether oxygens (including phenoxy) is 1. The summed E-state index contributed by atoms with van der Waals surface area (Å²) in [6, 6.07) is 4.87. The molecule has 0 aliphatic rings. The smallest absolute Gasteiger partial charge is 0.271 e. The molecule has 70 valence electrons. The van der Waals surface area contributed by atoms with Crippen LogP contribution in [0.1, 0.15) is 5.56 Å². The van der Waals surface area contributed by atoms with Gasteiger partial charge in [0, 0.05) is 16.1 Å². The fraction of sp³-hybridized carbons (Fsp3) is 0.111. The van der Waals surface area contributed by atoms with Crippen LogP contribution in [0.4, 0.5) is 8.78 Å². The van der Waals surface area contributed by atoms with Gasteiger partial charge in [-0.05, 0) is 18.2 Å². The lowest BCUT2D eigenvalue weighted by Crippen LogP contribution is -1.86. The predicted molar refractivity (Wildman–Crippen MR) is 50.9 cm³/mol. The summed E-state index contributed by atoms with van der Waals surface area (Å²) in [7, 11) is 1.44. The van der Waals surface area contributed by atoms with Crippen molar-refractivity contribution in [1.29, 1.82) is 0 Å². The van der Waals surface area contributed by atoms with E-state index in [9.17, 15) is 8.78 Å². The molecule has 0 bridgehead atoms. The third-order valence-electron chi connectivity index (χ3n) is 1.46. The van der Waals surface area contributed by atoms with Gasteiger partial charge in [0.15, 0.2) is 0 Å². The molecule has 0 radical (unpaired) electrons. The van der Waals surface area contributed by atoms with Crippen molar-refractivity contribution < 1.29 is 13.5 Å². The van der Waals surface area contributed by atoms with Crippen molar-refractivity contribution in [3.05, 3.63) is 34.3 Å². The number of methoxy groups -OCH3 is 1. The Labute approximate surface area is 83.1 Å². The Morgan fingerprint density at radius 1 is 1.46 bits per heavy atom. The van der Waals surface area contributed by atoms with E-state index in [4.69, 9.17) is 4.74 Å². The summed E-state index contributed by atoms with van der Waals surface area (Å²) in [5.74, 6) is 0.419. The van der Waals surface area contributed by atoms with E-state index in [2.05, 4.69) is 15.9 Å². The molecule has 0 saturated carbocycles. The molecule has 0 amide bonds. The van der Waals surface area contributed by atoms with Crippen LogP contribution in [0, 0.1) is 0 Å². The SMILES string of the molecule is COc1cc(Br)ccc1C=C(F)F. The van der Waals surface area contributed by atoms with Gasteiger partial charge in [-0.25, -0.2) is 0 Å². The van der Waals surface area contributed by atoms with Crippen molar-refractivity contribution in [2.45, 2.75) is 0 Å². The van der Waals surface area contributed by atoms with Gasteiger partial charge in [-0.3, -0.25) is 0 Å². The summed E-state index contributed by atoms with van der Waals surface area (Å²) in [5, 5.41) is 0. The standard InChI is InChI=1S/C9H7BrF2O/c1-13-8-5-7(10)3-2-6(8)4-9(11)12/h2-5H,1H3. The van der Waals surface area contributed by atoms with Crippen LogP contribution < -0.4 is 4.74 Å². The quantitative estimate of drug-likeness (QED) is 0.776. The lowest BCUT2D eigenvalue weighted by atomic mass is 10.2. The number of hydrogen-bond donors (Lipinski definition) is 0. The maximum atomic E-state index is 11.9. The summed E-state index contributed by atoms with van der Waals surface area (Å²) in [5.41, 5.74) is 0.366. The van der Waals surface area contributed by atoms with E-state index in [1.54, 1.807) is 18.2 Å². The van der Waals surface area contributed by atoms with Gasteiger partial charge in [0.25, 0.3) is 6.08 Å². The summed E-state index contributed by atoms with van der Waals surface area (Å²) in [6.07, 6.45) is -0.966. The van der Waals surface area contributed by atoms with Gasteiger partial charge in [0.05, 0.1) is 7.11 Å². The van der Waals surface area contributed by atoms with E-state index >= 15 is 0 Å². The maximum Gasteiger partial charge on any atom is 0.271 e. The van der Waals surface area contributed by atoms with Crippen LogP contribution in [-0.4, -0.2) is 7.11 Å². The number of hydrogen-bond acceptors (Lipinski definition) is 1. The van der Waals surface area contributed by atoms with Crippen LogP contribution in [0.15, 0.2) is 28.8 Å². The van der Waals surface area contributed by atoms with Gasteiger partial charge in [-0.2, -0.15) is 8.78 Å². The van der Waals surface area contributed by atoms with Crippen molar-refractivity contribution in [2.24, 2.45) is 0 Å². The molecular formula is C9H7BrF2O. The Balaban J connectivity index is 3.14. The van der Waals surface area contributed by atoms with Gasteiger partial charge in [0.1, 0.15) is 5.75 Å². The van der Waals surface area contributed by atoms with E-state index < -0.39 is 6.08 Å². The Kier molecular flexibility index (Phi) is 3.42. The van der Waals surface area contributed by atoms with Crippen molar-refractivity contribution in [3.8, 4) is 5.75 Å². The van der Waals surface area contributed by atoms with Crippen molar-refractivity contribution in [1.82, 2.24) is 0 Å². The molecule has 0 saturated heterocycles. The summed E-state index contributed by atoms with van der Waals surface area (Å²) in [6.45, 7) is 0. The molecule has 0 atom stereocenters. The van der Waals surface area contributed by atoms with Crippen LogP contribution in [0.5, 0.6) is 5.75 Å². The van der Waals surface area contributed by atoms with Crippen molar-refractivity contribution in [3.63, 3.8) is 0 Å². The van der Waals surface area contributed by atoms with Crippen LogP contribution in [0.2, 0.25) is 0 Å². The molecule has 0 spiro atoms. The normalized spacial score (nSPS) is 9.54. The monoisotopic (exact) mass is 248 g/mol. The summed E-state index contributed by atoms with van der Waals surface area (Å²) >= 11 is 3.22. The van der Waals surface area contributed by atoms with E-state index in [1.165, 1.54) is 7.11 Å². The summed E-state index contributed by atoms with van der Waals surface area (Å²) < 4.78 is 29.6. The zero-order valence-electron chi connectivity index (χ0n) is 6.85. The Hall–Kier alpha value is -0.900. The highest BCUT2D eigenvalue weighted by molar-refractivity contribution is 9.10. The molecule has 1 aromatic carbocycles. The predicted octanol–water partition coefficient (Wildman–Crippen LogP) is 3.70. The van der Waals surface area contributed by atoms with E-state index in [1.807, 2.05) is 0 Å². The molecular weight excluding hydrogens is 242 g/mol. The highest BCUT2D eigenvalue weighted by Gasteiger charge is 2.02. The molecule has 0 heterocycles. The summed E-state index contributed by atoms with van der Waals surface area (Å²) in [4.78, 5) is 0. The molecule has 0 aliphatic heterocycles. The average Bonchev–Trinajstić information content (AvgIpc) is 2.07. The highest BCUT2D eigenvalue weighted by atomic mass is 79.9. The topological polar surface area (TPSA) is 9.23 Å². The molecule has 0 aliphatic carbocycles. The van der Waals surface area contributed by atoms with Gasteiger partial charge >= 0.3 is 0 Å². The lowest BCUT2D eigenvalue weighted by Gasteiger charge is -2.04. The molecule has 1 rings (SSSR count). The van der Waals surface area contributed by atoms with Crippen LogP contribution in [-0.2, 0) is 0 Å². The first kappa shape index (κ1) is 10.2. The second-order valence-electron chi connectivity index (χ2n) is 2.32.